The summed E-state index contributed by atoms with van der Waals surface area (Å²) in [4.78, 5) is 35.3. The molecule has 2 aliphatic rings. The molecular weight excluding hydrogens is 623 g/mol. The number of hydrogen-bond donors (Lipinski definition) is 0. The lowest BCUT2D eigenvalue weighted by Gasteiger charge is -2.62. The van der Waals surface area contributed by atoms with Crippen molar-refractivity contribution in [1.82, 2.24) is 14.7 Å². The molecule has 5 nitrogen and oxygen atoms in total. The molecule has 248 valence electrons. The molecule has 0 saturated carbocycles. The highest BCUT2D eigenvalue weighted by atomic mass is 19.4. The van der Waals surface area contributed by atoms with Crippen LogP contribution in [0, 0.1) is 0 Å². The molecule has 0 radical (unpaired) electrons. The highest BCUT2D eigenvalue weighted by Crippen LogP contribution is 2.46. The summed E-state index contributed by atoms with van der Waals surface area (Å²) in [6.07, 6.45) is -4.48. The summed E-state index contributed by atoms with van der Waals surface area (Å²) in [6, 6.07) is 43.1. The first-order valence-corrected chi connectivity index (χ1v) is 16.4. The van der Waals surface area contributed by atoms with Gasteiger partial charge in [-0.1, -0.05) is 133 Å². The number of nitrogens with zero attached hydrogens (tertiary/aromatic N) is 3. The minimum atomic E-state index is -4.48. The Morgan fingerprint density at radius 2 is 0.980 bits per heavy atom. The Labute approximate surface area is 284 Å². The number of amides is 2. The van der Waals surface area contributed by atoms with Crippen molar-refractivity contribution < 1.29 is 22.8 Å². The van der Waals surface area contributed by atoms with Gasteiger partial charge in [0.1, 0.15) is 12.1 Å². The fraction of sp³-hybridized carbons (Fsp3) is 0.220. The van der Waals surface area contributed by atoms with Gasteiger partial charge in [0.2, 0.25) is 5.91 Å². The van der Waals surface area contributed by atoms with Crippen LogP contribution in [0.15, 0.2) is 146 Å². The van der Waals surface area contributed by atoms with Crippen LogP contribution in [-0.2, 0) is 15.8 Å². The van der Waals surface area contributed by atoms with E-state index in [1.807, 2.05) is 97.1 Å². The van der Waals surface area contributed by atoms with Crippen molar-refractivity contribution in [3.63, 3.8) is 0 Å². The van der Waals surface area contributed by atoms with Crippen molar-refractivity contribution in [1.29, 1.82) is 0 Å². The number of alkyl halides is 3. The maximum absolute atomic E-state index is 15.2. The fourth-order valence-electron chi connectivity index (χ4n) is 7.60. The Bertz CT molecular complexity index is 1820. The standard InChI is InChI=1S/C41H36F3N3O2/c1-29(30-22-24-35(25-23-30)41(42,43)44)47-36(48)26-46(38(33-18-10-4-11-19-33)34-20-12-5-13-21-34)39(49)40(47)27-45(28-40)37(31-14-6-2-7-15-31)32-16-8-3-9-17-32/h2-25,29,37-38H,26-28H2,1H3. The number of rotatable bonds is 8. The summed E-state index contributed by atoms with van der Waals surface area (Å²) in [5.41, 5.74) is 2.41. The minimum absolute atomic E-state index is 0.166. The zero-order valence-electron chi connectivity index (χ0n) is 27.0. The quantitative estimate of drug-likeness (QED) is 0.169. The van der Waals surface area contributed by atoms with Crippen LogP contribution in [0.2, 0.25) is 0 Å². The molecule has 2 saturated heterocycles. The number of carbonyl (C=O) groups excluding carboxylic acids is 2. The molecule has 5 aromatic rings. The van der Waals surface area contributed by atoms with E-state index in [4.69, 9.17) is 0 Å². The van der Waals surface area contributed by atoms with Crippen molar-refractivity contribution in [2.24, 2.45) is 0 Å². The summed E-state index contributed by atoms with van der Waals surface area (Å²) in [5, 5.41) is 0. The van der Waals surface area contributed by atoms with Crippen LogP contribution in [0.3, 0.4) is 0 Å². The van der Waals surface area contributed by atoms with Gasteiger partial charge in [-0.3, -0.25) is 14.5 Å². The minimum Gasteiger partial charge on any atom is -0.320 e. The van der Waals surface area contributed by atoms with Crippen LogP contribution in [0.5, 0.6) is 0 Å². The Kier molecular flexibility index (Phi) is 8.59. The summed E-state index contributed by atoms with van der Waals surface area (Å²) in [7, 11) is 0. The van der Waals surface area contributed by atoms with Crippen LogP contribution in [0.4, 0.5) is 13.2 Å². The van der Waals surface area contributed by atoms with Crippen molar-refractivity contribution in [2.75, 3.05) is 19.6 Å². The molecule has 49 heavy (non-hydrogen) atoms. The number of hydrogen-bond acceptors (Lipinski definition) is 3. The molecule has 1 spiro atoms. The maximum atomic E-state index is 15.2. The Morgan fingerprint density at radius 1 is 0.571 bits per heavy atom. The van der Waals surface area contributed by atoms with Gasteiger partial charge in [0.05, 0.1) is 23.7 Å². The van der Waals surface area contributed by atoms with Gasteiger partial charge >= 0.3 is 6.18 Å². The van der Waals surface area contributed by atoms with Gasteiger partial charge in [-0.25, -0.2) is 0 Å². The highest BCUT2D eigenvalue weighted by molar-refractivity contribution is 6.00. The van der Waals surface area contributed by atoms with Crippen molar-refractivity contribution >= 4 is 11.8 Å². The molecule has 0 aromatic heterocycles. The fourth-order valence-corrected chi connectivity index (χ4v) is 7.60. The van der Waals surface area contributed by atoms with E-state index in [9.17, 15) is 18.0 Å². The molecular formula is C41H36F3N3O2. The largest absolute Gasteiger partial charge is 0.416 e. The molecule has 0 N–H and O–H groups in total. The average Bonchev–Trinajstić information content (AvgIpc) is 3.11. The molecule has 2 heterocycles. The lowest BCUT2D eigenvalue weighted by molar-refractivity contribution is -0.186. The van der Waals surface area contributed by atoms with Crippen LogP contribution in [0.25, 0.3) is 0 Å². The predicted molar refractivity (Wildman–Crippen MR) is 182 cm³/mol. The van der Waals surface area contributed by atoms with E-state index in [1.165, 1.54) is 12.1 Å². The van der Waals surface area contributed by atoms with E-state index in [-0.39, 0.29) is 37.5 Å². The average molecular weight is 660 g/mol. The van der Waals surface area contributed by atoms with Crippen LogP contribution < -0.4 is 0 Å². The van der Waals surface area contributed by atoms with Crippen molar-refractivity contribution in [2.45, 2.75) is 36.8 Å². The third kappa shape index (κ3) is 6.02. The number of benzene rings is 5. The topological polar surface area (TPSA) is 43.9 Å². The smallest absolute Gasteiger partial charge is 0.320 e. The van der Waals surface area contributed by atoms with Gasteiger partial charge < -0.3 is 9.80 Å². The van der Waals surface area contributed by atoms with E-state index in [0.717, 1.165) is 34.4 Å². The molecule has 2 fully saturated rings. The molecule has 1 atom stereocenters. The molecule has 2 amide bonds. The number of halogens is 3. The molecule has 0 bridgehead atoms. The molecule has 5 aromatic carbocycles. The van der Waals surface area contributed by atoms with E-state index >= 15 is 4.79 Å². The monoisotopic (exact) mass is 659 g/mol. The molecule has 2 aliphatic heterocycles. The molecule has 1 unspecified atom stereocenters. The van der Waals surface area contributed by atoms with Gasteiger partial charge in [-0.2, -0.15) is 13.2 Å². The third-order valence-corrected chi connectivity index (χ3v) is 9.87. The number of carbonyl (C=O) groups is 2. The van der Waals surface area contributed by atoms with E-state index in [0.29, 0.717) is 5.56 Å². The Hall–Kier alpha value is -5.21. The highest BCUT2D eigenvalue weighted by Gasteiger charge is 2.62. The normalized spacial score (nSPS) is 17.1. The van der Waals surface area contributed by atoms with E-state index in [2.05, 4.69) is 29.2 Å². The first-order chi connectivity index (χ1) is 23.7. The predicted octanol–water partition coefficient (Wildman–Crippen LogP) is 8.07. The molecule has 7 rings (SSSR count). The van der Waals surface area contributed by atoms with Gasteiger partial charge in [-0.15, -0.1) is 0 Å². The summed E-state index contributed by atoms with van der Waals surface area (Å²) >= 11 is 0. The summed E-state index contributed by atoms with van der Waals surface area (Å²) in [6.45, 7) is 2.14. The first kappa shape index (κ1) is 32.3. The number of likely N-dealkylation sites (tertiary alicyclic amines) is 1. The zero-order valence-corrected chi connectivity index (χ0v) is 27.0. The van der Waals surface area contributed by atoms with Crippen molar-refractivity contribution in [3.05, 3.63) is 179 Å². The lowest BCUT2D eigenvalue weighted by atomic mass is 9.78. The molecule has 8 heteroatoms. The zero-order chi connectivity index (χ0) is 34.2. The second kappa shape index (κ2) is 13.0. The third-order valence-electron chi connectivity index (χ3n) is 9.87. The second-order valence-corrected chi connectivity index (χ2v) is 12.9. The van der Waals surface area contributed by atoms with E-state index in [1.54, 1.807) is 16.7 Å². The summed E-state index contributed by atoms with van der Waals surface area (Å²) < 4.78 is 40.4. The van der Waals surface area contributed by atoms with Gasteiger partial charge in [0.25, 0.3) is 5.91 Å². The number of piperazine rings is 1. The maximum Gasteiger partial charge on any atom is 0.416 e. The Balaban J connectivity index is 1.31. The SMILES string of the molecule is CC(c1ccc(C(F)(F)F)cc1)N1C(=O)CN(C(c2ccccc2)c2ccccc2)C(=O)C12CN(C(c1ccccc1)c1ccccc1)C2. The van der Waals surface area contributed by atoms with Crippen LogP contribution in [0.1, 0.15) is 58.4 Å². The van der Waals surface area contributed by atoms with Gasteiger partial charge in [0.15, 0.2) is 0 Å². The summed E-state index contributed by atoms with van der Waals surface area (Å²) in [5.74, 6) is -0.431. The van der Waals surface area contributed by atoms with Crippen molar-refractivity contribution in [3.8, 4) is 0 Å². The van der Waals surface area contributed by atoms with Gasteiger partial charge in [-0.05, 0) is 46.9 Å². The Morgan fingerprint density at radius 3 is 1.39 bits per heavy atom. The van der Waals surface area contributed by atoms with Crippen LogP contribution in [-0.4, -0.2) is 51.7 Å². The molecule has 0 aliphatic carbocycles. The van der Waals surface area contributed by atoms with E-state index < -0.39 is 29.4 Å². The first-order valence-electron chi connectivity index (χ1n) is 16.4. The van der Waals surface area contributed by atoms with Crippen LogP contribution >= 0.6 is 0 Å². The second-order valence-electron chi connectivity index (χ2n) is 12.9. The van der Waals surface area contributed by atoms with Gasteiger partial charge in [0, 0.05) is 13.1 Å². The lowest BCUT2D eigenvalue weighted by Crippen LogP contribution is -2.81.